The van der Waals surface area contributed by atoms with Crippen LogP contribution in [0.5, 0.6) is 5.75 Å². The third-order valence-corrected chi connectivity index (χ3v) is 7.29. The number of carboxylic acid groups (broad SMARTS) is 1. The Kier molecular flexibility index (Phi) is 6.13. The average molecular weight is 461 g/mol. The molecule has 0 spiro atoms. The lowest BCUT2D eigenvalue weighted by molar-refractivity contribution is -0.142. The molecule has 0 radical (unpaired) electrons. The van der Waals surface area contributed by atoms with Crippen LogP contribution in [0, 0.1) is 17.7 Å². The summed E-state index contributed by atoms with van der Waals surface area (Å²) in [4.78, 5) is 11.7. The van der Waals surface area contributed by atoms with Crippen LogP contribution in [0.1, 0.15) is 54.0 Å². The van der Waals surface area contributed by atoms with E-state index >= 15 is 0 Å². The number of carbonyl (C=O) groups is 1. The second-order valence-corrected chi connectivity index (χ2v) is 9.49. The van der Waals surface area contributed by atoms with E-state index < -0.39 is 11.9 Å². The van der Waals surface area contributed by atoms with Crippen molar-refractivity contribution in [1.29, 1.82) is 0 Å². The highest BCUT2D eigenvalue weighted by atomic mass is 19.1. The minimum atomic E-state index is -0.733. The zero-order chi connectivity index (χ0) is 23.8. The molecular formula is C29H29FO4. The molecule has 1 saturated carbocycles. The highest BCUT2D eigenvalue weighted by Gasteiger charge is 2.39. The van der Waals surface area contributed by atoms with Gasteiger partial charge in [0.2, 0.25) is 0 Å². The smallest absolute Gasteiger partial charge is 0.306 e. The Morgan fingerprint density at radius 1 is 1.06 bits per heavy atom. The van der Waals surface area contributed by atoms with Crippen molar-refractivity contribution < 1.29 is 23.8 Å². The zero-order valence-electron chi connectivity index (χ0n) is 19.5. The van der Waals surface area contributed by atoms with Crippen molar-refractivity contribution in [3.05, 3.63) is 88.7 Å². The van der Waals surface area contributed by atoms with Gasteiger partial charge in [-0.25, -0.2) is 4.39 Å². The summed E-state index contributed by atoms with van der Waals surface area (Å²) in [5.74, 6) is -0.283. The molecule has 2 unspecified atom stereocenters. The first kappa shape index (κ1) is 22.6. The standard InChI is InChI=1S/C29H29FO4/c1-17(29(31)32)28(20-7-8-20)21-9-10-22-16-34-27(14-23(22)13-21)19-5-3-18(4-6-19)25-15-24(33-2)11-12-26(25)30/h3-6,9-13,15,17,20,27-28H,7-8,14,16H2,1-2H3,(H,31,32)/t17?,27-,28?/m0/s1. The summed E-state index contributed by atoms with van der Waals surface area (Å²) in [6.07, 6.45) is 2.84. The molecule has 1 aliphatic carbocycles. The van der Waals surface area contributed by atoms with Gasteiger partial charge in [0.15, 0.2) is 0 Å². The molecule has 1 heterocycles. The molecule has 0 bridgehead atoms. The maximum atomic E-state index is 14.4. The second kappa shape index (κ2) is 9.22. The molecule has 5 rings (SSSR count). The molecule has 0 amide bonds. The summed E-state index contributed by atoms with van der Waals surface area (Å²) >= 11 is 0. The number of benzene rings is 3. The van der Waals surface area contributed by atoms with Crippen molar-refractivity contribution in [3.8, 4) is 16.9 Å². The first-order chi connectivity index (χ1) is 16.4. The maximum Gasteiger partial charge on any atom is 0.306 e. The molecule has 3 aromatic carbocycles. The number of rotatable bonds is 7. The average Bonchev–Trinajstić information content (AvgIpc) is 3.69. The van der Waals surface area contributed by atoms with Gasteiger partial charge in [-0.2, -0.15) is 0 Å². The Labute approximate surface area is 199 Å². The van der Waals surface area contributed by atoms with Gasteiger partial charge in [-0.1, -0.05) is 49.4 Å². The van der Waals surface area contributed by atoms with Crippen molar-refractivity contribution in [2.24, 2.45) is 11.8 Å². The fraction of sp³-hybridized carbons (Fsp3) is 0.345. The molecule has 3 atom stereocenters. The van der Waals surface area contributed by atoms with Crippen molar-refractivity contribution in [3.63, 3.8) is 0 Å². The lowest BCUT2D eigenvalue weighted by Crippen LogP contribution is -2.22. The largest absolute Gasteiger partial charge is 0.497 e. The van der Waals surface area contributed by atoms with Crippen LogP contribution >= 0.6 is 0 Å². The monoisotopic (exact) mass is 460 g/mol. The van der Waals surface area contributed by atoms with Crippen LogP contribution in [0.3, 0.4) is 0 Å². The normalized spacial score (nSPS) is 19.2. The summed E-state index contributed by atoms with van der Waals surface area (Å²) in [7, 11) is 1.57. The van der Waals surface area contributed by atoms with Gasteiger partial charge in [-0.15, -0.1) is 0 Å². The zero-order valence-corrected chi connectivity index (χ0v) is 19.5. The van der Waals surface area contributed by atoms with E-state index in [0.29, 0.717) is 23.8 Å². The van der Waals surface area contributed by atoms with E-state index in [4.69, 9.17) is 9.47 Å². The highest BCUT2D eigenvalue weighted by molar-refractivity contribution is 5.71. The minimum absolute atomic E-state index is 0.0566. The summed E-state index contributed by atoms with van der Waals surface area (Å²) in [5.41, 5.74) is 5.84. The highest BCUT2D eigenvalue weighted by Crippen LogP contribution is 2.47. The van der Waals surface area contributed by atoms with E-state index in [0.717, 1.165) is 41.5 Å². The van der Waals surface area contributed by atoms with Gasteiger partial charge < -0.3 is 14.6 Å². The number of methoxy groups -OCH3 is 1. The predicted octanol–water partition coefficient (Wildman–Crippen LogP) is 6.53. The lowest BCUT2D eigenvalue weighted by atomic mass is 9.81. The van der Waals surface area contributed by atoms with Gasteiger partial charge in [0.1, 0.15) is 11.6 Å². The quantitative estimate of drug-likeness (QED) is 0.436. The third kappa shape index (κ3) is 4.45. The van der Waals surface area contributed by atoms with Crippen LogP contribution in [0.4, 0.5) is 4.39 Å². The number of fused-ring (bicyclic) bond motifs is 1. The number of ether oxygens (including phenoxy) is 2. The Morgan fingerprint density at radius 2 is 1.82 bits per heavy atom. The molecule has 2 aliphatic rings. The number of hydrogen-bond acceptors (Lipinski definition) is 3. The molecular weight excluding hydrogens is 431 g/mol. The SMILES string of the molecule is COc1ccc(F)c(-c2ccc([C@@H]3Cc4cc(C(C5CC5)C(C)C(=O)O)ccc4CO3)cc2)c1. The molecule has 1 fully saturated rings. The van der Waals surface area contributed by atoms with Crippen LogP contribution in [-0.2, 0) is 22.6 Å². The van der Waals surface area contributed by atoms with Gasteiger partial charge in [-0.3, -0.25) is 4.79 Å². The molecule has 0 saturated heterocycles. The van der Waals surface area contributed by atoms with Crippen LogP contribution < -0.4 is 4.74 Å². The van der Waals surface area contributed by atoms with Crippen molar-refractivity contribution in [2.45, 2.75) is 44.8 Å². The van der Waals surface area contributed by atoms with E-state index in [2.05, 4.69) is 18.2 Å². The Hall–Kier alpha value is -3.18. The summed E-state index contributed by atoms with van der Waals surface area (Å²) < 4.78 is 25.8. The van der Waals surface area contributed by atoms with Crippen LogP contribution in [0.25, 0.3) is 11.1 Å². The second-order valence-electron chi connectivity index (χ2n) is 9.49. The van der Waals surface area contributed by atoms with Crippen molar-refractivity contribution >= 4 is 5.97 Å². The molecule has 5 heteroatoms. The van der Waals surface area contributed by atoms with Gasteiger partial charge >= 0.3 is 5.97 Å². The van der Waals surface area contributed by atoms with E-state index in [1.807, 2.05) is 31.2 Å². The Morgan fingerprint density at radius 3 is 2.50 bits per heavy atom. The summed E-state index contributed by atoms with van der Waals surface area (Å²) in [5, 5.41) is 9.62. The molecule has 0 aromatic heterocycles. The fourth-order valence-corrected chi connectivity index (χ4v) is 5.16. The Balaban J connectivity index is 1.37. The van der Waals surface area contributed by atoms with Gasteiger partial charge in [0.05, 0.1) is 25.7 Å². The van der Waals surface area contributed by atoms with Gasteiger partial charge in [0.25, 0.3) is 0 Å². The van der Waals surface area contributed by atoms with E-state index in [1.165, 1.54) is 11.6 Å². The fourth-order valence-electron chi connectivity index (χ4n) is 5.16. The van der Waals surface area contributed by atoms with E-state index in [1.54, 1.807) is 19.2 Å². The van der Waals surface area contributed by atoms with Crippen molar-refractivity contribution in [1.82, 2.24) is 0 Å². The molecule has 3 aromatic rings. The molecule has 34 heavy (non-hydrogen) atoms. The molecule has 176 valence electrons. The van der Waals surface area contributed by atoms with Gasteiger partial charge in [-0.05, 0) is 70.7 Å². The predicted molar refractivity (Wildman–Crippen MR) is 128 cm³/mol. The van der Waals surface area contributed by atoms with Crippen LogP contribution in [-0.4, -0.2) is 18.2 Å². The molecule has 4 nitrogen and oxygen atoms in total. The number of carboxylic acids is 1. The van der Waals surface area contributed by atoms with Crippen LogP contribution in [0.2, 0.25) is 0 Å². The first-order valence-electron chi connectivity index (χ1n) is 11.8. The summed E-state index contributed by atoms with van der Waals surface area (Å²) in [6.45, 7) is 2.35. The van der Waals surface area contributed by atoms with E-state index in [9.17, 15) is 14.3 Å². The number of halogens is 1. The lowest BCUT2D eigenvalue weighted by Gasteiger charge is -2.28. The Bertz CT molecular complexity index is 1200. The molecule has 1 aliphatic heterocycles. The van der Waals surface area contributed by atoms with E-state index in [-0.39, 0.29) is 17.8 Å². The van der Waals surface area contributed by atoms with Crippen molar-refractivity contribution in [2.75, 3.05) is 7.11 Å². The maximum absolute atomic E-state index is 14.4. The third-order valence-electron chi connectivity index (χ3n) is 7.29. The minimum Gasteiger partial charge on any atom is -0.497 e. The molecule has 1 N–H and O–H groups in total. The first-order valence-corrected chi connectivity index (χ1v) is 11.8. The van der Waals surface area contributed by atoms with Gasteiger partial charge in [0, 0.05) is 12.0 Å². The number of hydrogen-bond donors (Lipinski definition) is 1. The van der Waals surface area contributed by atoms with Crippen LogP contribution in [0.15, 0.2) is 60.7 Å². The number of aliphatic carboxylic acids is 1. The summed E-state index contributed by atoms with van der Waals surface area (Å²) in [6, 6.07) is 18.9. The topological polar surface area (TPSA) is 55.8 Å².